The van der Waals surface area contributed by atoms with Crippen LogP contribution in [0.15, 0.2) is 73.1 Å². The maximum atomic E-state index is 13.9. The minimum absolute atomic E-state index is 0.0426. The van der Waals surface area contributed by atoms with Crippen LogP contribution in [0.25, 0.3) is 22.4 Å². The molecule has 0 atom stereocenters. The topological polar surface area (TPSA) is 150 Å². The zero-order chi connectivity index (χ0) is 31.9. The summed E-state index contributed by atoms with van der Waals surface area (Å²) in [6.45, 7) is 8.96. The quantitative estimate of drug-likeness (QED) is 0.209. The molecule has 0 unspecified atom stereocenters. The molecule has 4 aromatic rings. The normalized spacial score (nSPS) is 14.2. The van der Waals surface area contributed by atoms with Crippen molar-refractivity contribution in [1.82, 2.24) is 19.7 Å². The third-order valence-corrected chi connectivity index (χ3v) is 7.35. The van der Waals surface area contributed by atoms with E-state index in [4.69, 9.17) is 14.6 Å². The van der Waals surface area contributed by atoms with Crippen LogP contribution in [-0.4, -0.2) is 70.0 Å². The van der Waals surface area contributed by atoms with Gasteiger partial charge in [0.15, 0.2) is 0 Å². The van der Waals surface area contributed by atoms with E-state index in [2.05, 4.69) is 31.0 Å². The van der Waals surface area contributed by atoms with E-state index in [1.165, 1.54) is 31.0 Å². The molecule has 1 aliphatic rings. The number of fused-ring (bicyclic) bond motifs is 1. The van der Waals surface area contributed by atoms with Crippen molar-refractivity contribution in [3.05, 3.63) is 89.9 Å². The molecule has 44 heavy (non-hydrogen) atoms. The Morgan fingerprint density at radius 1 is 0.864 bits per heavy atom. The zero-order valence-electron chi connectivity index (χ0n) is 25.4. The number of hydrogen-bond donors (Lipinski definition) is 4. The Hall–Kier alpha value is -4.13. The van der Waals surface area contributed by atoms with Gasteiger partial charge < -0.3 is 29.9 Å². The summed E-state index contributed by atoms with van der Waals surface area (Å²) in [6.07, 6.45) is 3.22. The molecule has 1 aliphatic heterocycles. The Bertz CT molecular complexity index is 1610. The fraction of sp³-hybridized carbons (Fsp3) is 0.364. The van der Waals surface area contributed by atoms with Gasteiger partial charge in [0.2, 0.25) is 0 Å². The molecule has 0 radical (unpaired) electrons. The van der Waals surface area contributed by atoms with Crippen molar-refractivity contribution < 1.29 is 34.7 Å². The smallest absolute Gasteiger partial charge is 0.358 e. The number of hydrogen-bond acceptors (Lipinski definition) is 9. The van der Waals surface area contributed by atoms with E-state index in [-0.39, 0.29) is 18.8 Å². The number of ether oxygens (including phenoxy) is 2. The van der Waals surface area contributed by atoms with Crippen molar-refractivity contribution in [2.45, 2.75) is 71.2 Å². The summed E-state index contributed by atoms with van der Waals surface area (Å²) in [5.41, 5.74) is 3.36. The SMILES string of the molecule is CC(C)c1ccc(COc2ccc(-c3c(-c4ccncc4)nn4c3C(=O)N(C(O)(O)C(O)(O)OC(C)(C)C)CC4)cc2)cc1. The van der Waals surface area contributed by atoms with E-state index in [1.807, 2.05) is 12.1 Å². The number of aliphatic hydroxyl groups is 4. The van der Waals surface area contributed by atoms with Gasteiger partial charge in [0.25, 0.3) is 5.91 Å². The Labute approximate surface area is 255 Å². The highest BCUT2D eigenvalue weighted by molar-refractivity contribution is 6.03. The summed E-state index contributed by atoms with van der Waals surface area (Å²) in [5.74, 6) is -6.78. The van der Waals surface area contributed by atoms with Crippen molar-refractivity contribution in [3.8, 4) is 28.1 Å². The minimum Gasteiger partial charge on any atom is -0.489 e. The molecule has 2 aromatic carbocycles. The van der Waals surface area contributed by atoms with Gasteiger partial charge in [-0.05, 0) is 67.6 Å². The van der Waals surface area contributed by atoms with Gasteiger partial charge in [-0.1, -0.05) is 50.2 Å². The van der Waals surface area contributed by atoms with Gasteiger partial charge in [0, 0.05) is 30.1 Å². The standard InChI is InChI=1S/C33H38N4O7/c1-21(2)23-8-6-22(7-9-23)20-43-26-12-10-24(11-13-26)27-28(25-14-16-34-17-15-25)35-37-19-18-36(30(38)29(27)37)32(39,40)33(41,42)44-31(3,4)5/h6-17,21,39-42H,18-20H2,1-5H3. The van der Waals surface area contributed by atoms with Crippen LogP contribution in [0.1, 0.15) is 62.2 Å². The fourth-order valence-corrected chi connectivity index (χ4v) is 5.10. The molecule has 0 aliphatic carbocycles. The summed E-state index contributed by atoms with van der Waals surface area (Å²) >= 11 is 0. The zero-order valence-corrected chi connectivity index (χ0v) is 25.4. The van der Waals surface area contributed by atoms with Crippen LogP contribution in [0.5, 0.6) is 5.75 Å². The van der Waals surface area contributed by atoms with E-state index in [0.717, 1.165) is 5.56 Å². The minimum atomic E-state index is -3.49. The summed E-state index contributed by atoms with van der Waals surface area (Å²) in [7, 11) is 0. The average Bonchev–Trinajstić information content (AvgIpc) is 3.36. The Morgan fingerprint density at radius 2 is 1.50 bits per heavy atom. The second-order valence-corrected chi connectivity index (χ2v) is 12.2. The van der Waals surface area contributed by atoms with Gasteiger partial charge in [-0.3, -0.25) is 19.4 Å². The molecule has 3 heterocycles. The number of pyridine rings is 1. The van der Waals surface area contributed by atoms with Gasteiger partial charge in [-0.15, -0.1) is 0 Å². The molecule has 0 bridgehead atoms. The molecule has 0 fully saturated rings. The number of nitrogens with zero attached hydrogens (tertiary/aromatic N) is 4. The Balaban J connectivity index is 1.48. The monoisotopic (exact) mass is 602 g/mol. The van der Waals surface area contributed by atoms with Crippen molar-refractivity contribution in [1.29, 1.82) is 0 Å². The van der Waals surface area contributed by atoms with E-state index in [1.54, 1.807) is 48.8 Å². The number of rotatable bonds is 9. The molecule has 0 saturated carbocycles. The Kier molecular flexibility index (Phi) is 8.36. The summed E-state index contributed by atoms with van der Waals surface area (Å²) in [5, 5.41) is 47.7. The molecule has 2 aromatic heterocycles. The highest BCUT2D eigenvalue weighted by atomic mass is 16.8. The maximum absolute atomic E-state index is 13.9. The number of carbonyl (C=O) groups is 1. The lowest BCUT2D eigenvalue weighted by Crippen LogP contribution is -2.70. The molecule has 232 valence electrons. The molecule has 11 nitrogen and oxygen atoms in total. The summed E-state index contributed by atoms with van der Waals surface area (Å²) in [6, 6.07) is 19.0. The first-order chi connectivity index (χ1) is 20.7. The maximum Gasteiger partial charge on any atom is 0.358 e. The van der Waals surface area contributed by atoms with Gasteiger partial charge in [-0.2, -0.15) is 5.10 Å². The summed E-state index contributed by atoms with van der Waals surface area (Å²) in [4.78, 5) is 18.6. The lowest BCUT2D eigenvalue weighted by molar-refractivity contribution is -0.504. The Morgan fingerprint density at radius 3 is 2.09 bits per heavy atom. The predicted octanol–water partition coefficient (Wildman–Crippen LogP) is 3.86. The van der Waals surface area contributed by atoms with Crippen LogP contribution >= 0.6 is 0 Å². The van der Waals surface area contributed by atoms with Crippen LogP contribution in [0, 0.1) is 0 Å². The number of benzene rings is 2. The molecule has 11 heteroatoms. The lowest BCUT2D eigenvalue weighted by atomic mass is 9.98. The lowest BCUT2D eigenvalue weighted by Gasteiger charge is -2.45. The number of carbonyl (C=O) groups excluding carboxylic acids is 1. The van der Waals surface area contributed by atoms with Gasteiger partial charge in [0.05, 0.1) is 12.1 Å². The number of aromatic nitrogens is 3. The van der Waals surface area contributed by atoms with Gasteiger partial charge >= 0.3 is 11.9 Å². The first-order valence-electron chi connectivity index (χ1n) is 14.4. The molecule has 4 N–H and O–H groups in total. The third kappa shape index (κ3) is 6.23. The second kappa shape index (κ2) is 11.8. The third-order valence-electron chi connectivity index (χ3n) is 7.35. The van der Waals surface area contributed by atoms with Crippen LogP contribution in [0.3, 0.4) is 0 Å². The van der Waals surface area contributed by atoms with Gasteiger partial charge in [0.1, 0.15) is 23.7 Å². The largest absolute Gasteiger partial charge is 0.489 e. The molecular weight excluding hydrogens is 564 g/mol. The first kappa shape index (κ1) is 31.3. The van der Waals surface area contributed by atoms with E-state index >= 15 is 0 Å². The van der Waals surface area contributed by atoms with Crippen LogP contribution in [0.4, 0.5) is 0 Å². The molecule has 5 rings (SSSR count). The van der Waals surface area contributed by atoms with E-state index < -0.39 is 23.4 Å². The number of amides is 1. The molecule has 1 amide bonds. The van der Waals surface area contributed by atoms with Gasteiger partial charge in [-0.25, -0.2) is 0 Å². The van der Waals surface area contributed by atoms with Crippen molar-refractivity contribution >= 4 is 5.91 Å². The highest BCUT2D eigenvalue weighted by Gasteiger charge is 2.58. The van der Waals surface area contributed by atoms with E-state index in [9.17, 15) is 25.2 Å². The van der Waals surface area contributed by atoms with E-state index in [0.29, 0.717) is 45.6 Å². The van der Waals surface area contributed by atoms with Crippen LogP contribution in [-0.2, 0) is 17.9 Å². The first-order valence-corrected chi connectivity index (χ1v) is 14.4. The van der Waals surface area contributed by atoms with Crippen LogP contribution < -0.4 is 4.74 Å². The highest BCUT2D eigenvalue weighted by Crippen LogP contribution is 2.39. The fourth-order valence-electron chi connectivity index (χ4n) is 5.10. The van der Waals surface area contributed by atoms with Crippen molar-refractivity contribution in [2.24, 2.45) is 0 Å². The molecule has 0 saturated heterocycles. The van der Waals surface area contributed by atoms with Crippen molar-refractivity contribution in [3.63, 3.8) is 0 Å². The molecular formula is C33H38N4O7. The predicted molar refractivity (Wildman–Crippen MR) is 162 cm³/mol. The van der Waals surface area contributed by atoms with Crippen molar-refractivity contribution in [2.75, 3.05) is 6.54 Å². The summed E-state index contributed by atoms with van der Waals surface area (Å²) < 4.78 is 12.6. The molecule has 0 spiro atoms. The van der Waals surface area contributed by atoms with Crippen LogP contribution in [0.2, 0.25) is 0 Å². The second-order valence-electron chi connectivity index (χ2n) is 12.2. The average molecular weight is 603 g/mol.